The predicted octanol–water partition coefficient (Wildman–Crippen LogP) is 0.686. The lowest BCUT2D eigenvalue weighted by Crippen LogP contribution is -2.49. The molecule has 6 heteroatoms. The summed E-state index contributed by atoms with van der Waals surface area (Å²) in [6.07, 6.45) is 4.26. The maximum absolute atomic E-state index is 12.6. The van der Waals surface area contributed by atoms with Crippen molar-refractivity contribution in [3.63, 3.8) is 0 Å². The average Bonchev–Trinajstić information content (AvgIpc) is 2.46. The lowest BCUT2D eigenvalue weighted by molar-refractivity contribution is -0.122. The molecule has 1 aliphatic carbocycles. The van der Waals surface area contributed by atoms with Crippen molar-refractivity contribution >= 4 is 15.9 Å². The minimum absolute atomic E-state index is 0.0839. The van der Waals surface area contributed by atoms with Gasteiger partial charge in [-0.2, -0.15) is 4.31 Å². The van der Waals surface area contributed by atoms with Crippen molar-refractivity contribution in [1.82, 2.24) is 9.62 Å². The van der Waals surface area contributed by atoms with Crippen molar-refractivity contribution in [3.05, 3.63) is 29.3 Å². The molecule has 1 aromatic carbocycles. The van der Waals surface area contributed by atoms with Crippen molar-refractivity contribution in [1.29, 1.82) is 0 Å². The summed E-state index contributed by atoms with van der Waals surface area (Å²) in [5.41, 5.74) is 2.39. The third-order valence-corrected chi connectivity index (χ3v) is 5.80. The molecule has 3 rings (SSSR count). The summed E-state index contributed by atoms with van der Waals surface area (Å²) in [4.78, 5) is 11.7. The van der Waals surface area contributed by atoms with Gasteiger partial charge >= 0.3 is 0 Å². The second-order valence-corrected chi connectivity index (χ2v) is 7.26. The predicted molar refractivity (Wildman–Crippen MR) is 74.9 cm³/mol. The molecular formula is C14H18N2O3S. The summed E-state index contributed by atoms with van der Waals surface area (Å²) >= 11 is 0. The number of hydrogen-bond acceptors (Lipinski definition) is 3. The third-order valence-electron chi connectivity index (χ3n) is 3.96. The number of nitrogens with one attached hydrogen (secondary N) is 1. The van der Waals surface area contributed by atoms with E-state index in [4.69, 9.17) is 0 Å². The second-order valence-electron chi connectivity index (χ2n) is 5.33. The Balaban J connectivity index is 1.92. The highest BCUT2D eigenvalue weighted by molar-refractivity contribution is 7.89. The van der Waals surface area contributed by atoms with Crippen molar-refractivity contribution in [2.24, 2.45) is 0 Å². The highest BCUT2D eigenvalue weighted by atomic mass is 32.2. The summed E-state index contributed by atoms with van der Waals surface area (Å²) < 4.78 is 26.4. The first kappa shape index (κ1) is 13.6. The number of nitrogens with zero attached hydrogens (tertiary/aromatic N) is 1. The van der Waals surface area contributed by atoms with Crippen molar-refractivity contribution in [2.45, 2.75) is 30.6 Å². The number of carbonyl (C=O) groups is 1. The fourth-order valence-corrected chi connectivity index (χ4v) is 4.29. The van der Waals surface area contributed by atoms with Crippen LogP contribution in [0.3, 0.4) is 0 Å². The van der Waals surface area contributed by atoms with Crippen LogP contribution in [0.15, 0.2) is 23.1 Å². The summed E-state index contributed by atoms with van der Waals surface area (Å²) in [5, 5.41) is 2.64. The van der Waals surface area contributed by atoms with Gasteiger partial charge in [0.2, 0.25) is 15.9 Å². The number of sulfonamides is 1. The van der Waals surface area contributed by atoms with Crippen LogP contribution in [0, 0.1) is 0 Å². The van der Waals surface area contributed by atoms with Crippen LogP contribution < -0.4 is 5.32 Å². The molecule has 20 heavy (non-hydrogen) atoms. The third kappa shape index (κ3) is 2.45. The SMILES string of the molecule is O=C1CN(S(=O)(=O)c2ccc3c(c2)CCCC3)CCN1. The molecule has 0 aromatic heterocycles. The molecular weight excluding hydrogens is 276 g/mol. The number of carbonyl (C=O) groups excluding carboxylic acids is 1. The molecule has 1 fully saturated rings. The van der Waals surface area contributed by atoms with Gasteiger partial charge in [-0.3, -0.25) is 4.79 Å². The molecule has 0 atom stereocenters. The molecule has 1 heterocycles. The van der Waals surface area contributed by atoms with E-state index in [9.17, 15) is 13.2 Å². The van der Waals surface area contributed by atoms with Gasteiger partial charge in [-0.1, -0.05) is 6.07 Å². The number of rotatable bonds is 2. The topological polar surface area (TPSA) is 66.5 Å². The molecule has 1 saturated heterocycles. The van der Waals surface area contributed by atoms with Gasteiger partial charge in [0, 0.05) is 13.1 Å². The van der Waals surface area contributed by atoms with Crippen molar-refractivity contribution < 1.29 is 13.2 Å². The molecule has 0 saturated carbocycles. The summed E-state index contributed by atoms with van der Waals surface area (Å²) in [6.45, 7) is 0.633. The van der Waals surface area contributed by atoms with Crippen LogP contribution in [0.5, 0.6) is 0 Å². The second kappa shape index (κ2) is 5.18. The molecule has 1 N–H and O–H groups in total. The van der Waals surface area contributed by atoms with E-state index in [1.807, 2.05) is 6.07 Å². The number of hydrogen-bond donors (Lipinski definition) is 1. The Morgan fingerprint density at radius 1 is 1.10 bits per heavy atom. The van der Waals surface area contributed by atoms with Gasteiger partial charge < -0.3 is 5.32 Å². The van der Waals surface area contributed by atoms with E-state index >= 15 is 0 Å². The molecule has 0 radical (unpaired) electrons. The minimum Gasteiger partial charge on any atom is -0.354 e. The van der Waals surface area contributed by atoms with Gasteiger partial charge in [0.15, 0.2) is 0 Å². The lowest BCUT2D eigenvalue weighted by atomic mass is 9.92. The Kier molecular flexibility index (Phi) is 3.52. The maximum Gasteiger partial charge on any atom is 0.243 e. The molecule has 1 aromatic rings. The zero-order valence-corrected chi connectivity index (χ0v) is 12.1. The fraction of sp³-hybridized carbons (Fsp3) is 0.500. The van der Waals surface area contributed by atoms with Gasteiger partial charge in [-0.05, 0) is 48.9 Å². The van der Waals surface area contributed by atoms with Gasteiger partial charge in [-0.15, -0.1) is 0 Å². The van der Waals surface area contributed by atoms with Crippen LogP contribution in [0.2, 0.25) is 0 Å². The van der Waals surface area contributed by atoms with Gasteiger partial charge in [0.1, 0.15) is 0 Å². The first-order valence-electron chi connectivity index (χ1n) is 6.96. The standard InChI is InChI=1S/C14H18N2O3S/c17-14-10-16(8-7-15-14)20(18,19)13-6-5-11-3-1-2-4-12(11)9-13/h5-6,9H,1-4,7-8,10H2,(H,15,17). The largest absolute Gasteiger partial charge is 0.354 e. The number of fused-ring (bicyclic) bond motifs is 1. The molecule has 108 valence electrons. The van der Waals surface area contributed by atoms with E-state index in [2.05, 4.69) is 5.32 Å². The normalized spacial score (nSPS) is 20.3. The van der Waals surface area contributed by atoms with E-state index < -0.39 is 10.0 Å². The van der Waals surface area contributed by atoms with E-state index in [1.54, 1.807) is 12.1 Å². The summed E-state index contributed by atoms with van der Waals surface area (Å²) in [6, 6.07) is 5.38. The zero-order valence-electron chi connectivity index (χ0n) is 11.3. The van der Waals surface area contributed by atoms with E-state index in [-0.39, 0.29) is 12.5 Å². The summed E-state index contributed by atoms with van der Waals surface area (Å²) in [7, 11) is -3.56. The maximum atomic E-state index is 12.6. The smallest absolute Gasteiger partial charge is 0.243 e. The molecule has 1 amide bonds. The Morgan fingerprint density at radius 3 is 2.60 bits per heavy atom. The van der Waals surface area contributed by atoms with Gasteiger partial charge in [-0.25, -0.2) is 8.42 Å². The minimum atomic E-state index is -3.56. The van der Waals surface area contributed by atoms with Crippen molar-refractivity contribution in [2.75, 3.05) is 19.6 Å². The number of piperazine rings is 1. The quantitative estimate of drug-likeness (QED) is 0.872. The van der Waals surface area contributed by atoms with E-state index in [0.717, 1.165) is 24.8 Å². The number of aryl methyl sites for hydroxylation is 2. The molecule has 5 nitrogen and oxygen atoms in total. The lowest BCUT2D eigenvalue weighted by Gasteiger charge is -2.26. The van der Waals surface area contributed by atoms with E-state index in [1.165, 1.54) is 16.3 Å². The molecule has 1 aliphatic heterocycles. The molecule has 0 unspecified atom stereocenters. The first-order valence-corrected chi connectivity index (χ1v) is 8.40. The average molecular weight is 294 g/mol. The number of benzene rings is 1. The number of amides is 1. The van der Waals surface area contributed by atoms with Crippen LogP contribution in [0.4, 0.5) is 0 Å². The zero-order chi connectivity index (χ0) is 14.2. The molecule has 0 bridgehead atoms. The van der Waals surface area contributed by atoms with Crippen LogP contribution in [-0.4, -0.2) is 38.3 Å². The fourth-order valence-electron chi connectivity index (χ4n) is 2.84. The van der Waals surface area contributed by atoms with E-state index in [0.29, 0.717) is 18.0 Å². The first-order chi connectivity index (χ1) is 9.57. The Hall–Kier alpha value is -1.40. The van der Waals surface area contributed by atoms with Crippen LogP contribution in [-0.2, 0) is 27.7 Å². The van der Waals surface area contributed by atoms with Crippen molar-refractivity contribution in [3.8, 4) is 0 Å². The monoisotopic (exact) mass is 294 g/mol. The molecule has 2 aliphatic rings. The molecule has 0 spiro atoms. The van der Waals surface area contributed by atoms with Crippen LogP contribution in [0.25, 0.3) is 0 Å². The van der Waals surface area contributed by atoms with Gasteiger partial charge in [0.05, 0.1) is 11.4 Å². The Bertz CT molecular complexity index is 640. The summed E-state index contributed by atoms with van der Waals surface area (Å²) in [5.74, 6) is -0.238. The van der Waals surface area contributed by atoms with Gasteiger partial charge in [0.25, 0.3) is 0 Å². The van der Waals surface area contributed by atoms with Crippen LogP contribution in [0.1, 0.15) is 24.0 Å². The highest BCUT2D eigenvalue weighted by Gasteiger charge is 2.29. The highest BCUT2D eigenvalue weighted by Crippen LogP contribution is 2.25. The Morgan fingerprint density at radius 2 is 1.85 bits per heavy atom. The Labute approximate surface area is 119 Å². The van der Waals surface area contributed by atoms with Crippen LogP contribution >= 0.6 is 0 Å².